The first-order valence-corrected chi connectivity index (χ1v) is 6.96. The molecule has 0 aliphatic heterocycles. The molecule has 0 saturated carbocycles. The first kappa shape index (κ1) is 12.4. The van der Waals surface area contributed by atoms with E-state index in [1.807, 2.05) is 6.07 Å². The third kappa shape index (κ3) is 3.15. The van der Waals surface area contributed by atoms with Gasteiger partial charge in [0.05, 0.1) is 4.90 Å². The van der Waals surface area contributed by atoms with Gasteiger partial charge < -0.3 is 0 Å². The highest BCUT2D eigenvalue weighted by Gasteiger charge is 2.15. The molecule has 0 unspecified atom stereocenters. The van der Waals surface area contributed by atoms with Crippen molar-refractivity contribution in [3.8, 4) is 0 Å². The average molecular weight is 290 g/mol. The highest BCUT2D eigenvalue weighted by Crippen LogP contribution is 2.17. The molecule has 0 radical (unpaired) electrons. The smallest absolute Gasteiger partial charge is 0.207 e. The minimum atomic E-state index is -3.42. The molecule has 1 aromatic rings. The quantitative estimate of drug-likeness (QED) is 0.666. The van der Waals surface area contributed by atoms with Gasteiger partial charge >= 0.3 is 0 Å². The second kappa shape index (κ2) is 5.44. The molecule has 1 N–H and O–H groups in total. The molecule has 0 saturated heterocycles. The van der Waals surface area contributed by atoms with Crippen molar-refractivity contribution in [3.05, 3.63) is 42.5 Å². The number of alkyl halides is 1. The largest absolute Gasteiger partial charge is 0.241 e. The zero-order valence-corrected chi connectivity index (χ0v) is 10.5. The van der Waals surface area contributed by atoms with Gasteiger partial charge in [-0.25, -0.2) is 13.1 Å². The van der Waals surface area contributed by atoms with Crippen molar-refractivity contribution in [1.29, 1.82) is 0 Å². The van der Waals surface area contributed by atoms with Gasteiger partial charge in [0.1, 0.15) is 0 Å². The molecule has 0 aliphatic carbocycles. The van der Waals surface area contributed by atoms with E-state index in [0.717, 1.165) is 5.56 Å². The molecule has 0 fully saturated rings. The third-order valence-corrected chi connectivity index (χ3v) is 3.95. The SMILES string of the molecule is C=CCNS(=O)(=O)c1ccccc1CBr. The van der Waals surface area contributed by atoms with Crippen LogP contribution in [0.25, 0.3) is 0 Å². The number of hydrogen-bond donors (Lipinski definition) is 1. The number of benzene rings is 1. The summed E-state index contributed by atoms with van der Waals surface area (Å²) in [4.78, 5) is 0.309. The molecule has 0 amide bonds. The fourth-order valence-corrected chi connectivity index (χ4v) is 3.03. The first-order valence-electron chi connectivity index (χ1n) is 4.36. The Kier molecular flexibility index (Phi) is 4.50. The van der Waals surface area contributed by atoms with E-state index in [0.29, 0.717) is 10.2 Å². The Balaban J connectivity index is 3.09. The molecular weight excluding hydrogens is 278 g/mol. The standard InChI is InChI=1S/C10H12BrNO2S/c1-2-7-12-15(13,14)10-6-4-3-5-9(10)8-11/h2-6,12H,1,7-8H2. The van der Waals surface area contributed by atoms with Crippen LogP contribution in [0.1, 0.15) is 5.56 Å². The Hall–Kier alpha value is -0.650. The molecule has 0 bridgehead atoms. The maximum absolute atomic E-state index is 11.8. The molecule has 3 nitrogen and oxygen atoms in total. The second-order valence-corrected chi connectivity index (χ2v) is 5.18. The summed E-state index contributed by atoms with van der Waals surface area (Å²) >= 11 is 3.26. The summed E-state index contributed by atoms with van der Waals surface area (Å²) in [5.74, 6) is 0. The highest BCUT2D eigenvalue weighted by atomic mass is 79.9. The van der Waals surface area contributed by atoms with Gasteiger partial charge in [0, 0.05) is 11.9 Å². The van der Waals surface area contributed by atoms with Crippen LogP contribution in [0.15, 0.2) is 41.8 Å². The molecule has 0 aromatic heterocycles. The highest BCUT2D eigenvalue weighted by molar-refractivity contribution is 9.08. The molecule has 5 heteroatoms. The van der Waals surface area contributed by atoms with E-state index in [4.69, 9.17) is 0 Å². The van der Waals surface area contributed by atoms with Crippen molar-refractivity contribution in [2.75, 3.05) is 6.54 Å². The van der Waals surface area contributed by atoms with E-state index >= 15 is 0 Å². The van der Waals surface area contributed by atoms with E-state index in [1.165, 1.54) is 6.08 Å². The Morgan fingerprint density at radius 1 is 1.40 bits per heavy atom. The number of nitrogens with one attached hydrogen (secondary N) is 1. The van der Waals surface area contributed by atoms with Gasteiger partial charge in [-0.2, -0.15) is 0 Å². The van der Waals surface area contributed by atoms with Gasteiger partial charge in [0.2, 0.25) is 10.0 Å². The van der Waals surface area contributed by atoms with Crippen molar-refractivity contribution < 1.29 is 8.42 Å². The Labute approximate surface area is 98.4 Å². The van der Waals surface area contributed by atoms with Crippen molar-refractivity contribution in [2.24, 2.45) is 0 Å². The van der Waals surface area contributed by atoms with E-state index in [-0.39, 0.29) is 6.54 Å². The lowest BCUT2D eigenvalue weighted by molar-refractivity contribution is 0.585. The van der Waals surface area contributed by atoms with E-state index in [9.17, 15) is 8.42 Å². The van der Waals surface area contributed by atoms with Crippen LogP contribution >= 0.6 is 15.9 Å². The summed E-state index contributed by atoms with van der Waals surface area (Å²) in [5.41, 5.74) is 0.745. The molecular formula is C10H12BrNO2S. The monoisotopic (exact) mass is 289 g/mol. The van der Waals surface area contributed by atoms with Gasteiger partial charge in [-0.15, -0.1) is 6.58 Å². The maximum atomic E-state index is 11.8. The molecule has 15 heavy (non-hydrogen) atoms. The third-order valence-electron chi connectivity index (χ3n) is 1.82. The van der Waals surface area contributed by atoms with Crippen molar-refractivity contribution in [1.82, 2.24) is 4.72 Å². The van der Waals surface area contributed by atoms with Crippen molar-refractivity contribution in [2.45, 2.75) is 10.2 Å². The second-order valence-electron chi connectivity index (χ2n) is 2.88. The molecule has 0 atom stereocenters. The zero-order chi connectivity index (χ0) is 11.3. The molecule has 1 rings (SSSR count). The minimum Gasteiger partial charge on any atom is -0.207 e. The van der Waals surface area contributed by atoms with E-state index < -0.39 is 10.0 Å². The molecule has 0 aliphatic rings. The number of halogens is 1. The van der Waals surface area contributed by atoms with Crippen LogP contribution in [0.3, 0.4) is 0 Å². The molecule has 82 valence electrons. The Morgan fingerprint density at radius 2 is 2.07 bits per heavy atom. The van der Waals surface area contributed by atoms with Crippen LogP contribution in [0.4, 0.5) is 0 Å². The topological polar surface area (TPSA) is 46.2 Å². The summed E-state index contributed by atoms with van der Waals surface area (Å²) < 4.78 is 26.0. The van der Waals surface area contributed by atoms with Crippen LogP contribution in [0.5, 0.6) is 0 Å². The number of rotatable bonds is 5. The van der Waals surface area contributed by atoms with Crippen molar-refractivity contribution in [3.63, 3.8) is 0 Å². The first-order chi connectivity index (χ1) is 7.11. The van der Waals surface area contributed by atoms with Crippen LogP contribution in [-0.4, -0.2) is 15.0 Å². The Bertz CT molecular complexity index is 442. The summed E-state index contributed by atoms with van der Waals surface area (Å²) in [6.07, 6.45) is 1.51. The molecule has 1 aromatic carbocycles. The predicted octanol–water partition coefficient (Wildman–Crippen LogP) is 2.05. The predicted molar refractivity (Wildman–Crippen MR) is 64.5 cm³/mol. The normalized spacial score (nSPS) is 11.3. The summed E-state index contributed by atoms with van der Waals surface area (Å²) in [5, 5.41) is 0.512. The van der Waals surface area contributed by atoms with E-state index in [1.54, 1.807) is 18.2 Å². The average Bonchev–Trinajstić information content (AvgIpc) is 2.26. The number of hydrogen-bond acceptors (Lipinski definition) is 2. The van der Waals surface area contributed by atoms with Crippen LogP contribution in [-0.2, 0) is 15.4 Å². The van der Waals surface area contributed by atoms with Crippen LogP contribution in [0.2, 0.25) is 0 Å². The summed E-state index contributed by atoms with van der Waals surface area (Å²) in [6.45, 7) is 3.70. The van der Waals surface area contributed by atoms with Crippen LogP contribution in [0, 0.1) is 0 Å². The lowest BCUT2D eigenvalue weighted by Gasteiger charge is -2.08. The summed E-state index contributed by atoms with van der Waals surface area (Å²) in [7, 11) is -3.42. The lowest BCUT2D eigenvalue weighted by Crippen LogP contribution is -2.24. The minimum absolute atomic E-state index is 0.235. The fourth-order valence-electron chi connectivity index (χ4n) is 1.12. The lowest BCUT2D eigenvalue weighted by atomic mass is 10.2. The Morgan fingerprint density at radius 3 is 2.67 bits per heavy atom. The van der Waals surface area contributed by atoms with Gasteiger partial charge in [-0.05, 0) is 11.6 Å². The van der Waals surface area contributed by atoms with Crippen LogP contribution < -0.4 is 4.72 Å². The molecule has 0 spiro atoms. The van der Waals surface area contributed by atoms with E-state index in [2.05, 4.69) is 27.2 Å². The summed E-state index contributed by atoms with van der Waals surface area (Å²) in [6, 6.07) is 6.87. The van der Waals surface area contributed by atoms with Gasteiger partial charge in [0.15, 0.2) is 0 Å². The van der Waals surface area contributed by atoms with Gasteiger partial charge in [-0.1, -0.05) is 40.2 Å². The fraction of sp³-hybridized carbons (Fsp3) is 0.200. The van der Waals surface area contributed by atoms with Crippen molar-refractivity contribution >= 4 is 26.0 Å². The maximum Gasteiger partial charge on any atom is 0.241 e. The van der Waals surface area contributed by atoms with Gasteiger partial charge in [0.25, 0.3) is 0 Å². The number of sulfonamides is 1. The zero-order valence-electron chi connectivity index (χ0n) is 8.11. The van der Waals surface area contributed by atoms with Gasteiger partial charge in [-0.3, -0.25) is 0 Å². The molecule has 0 heterocycles.